The number of halogens is 1. The van der Waals surface area contributed by atoms with E-state index in [0.29, 0.717) is 4.60 Å². The third kappa shape index (κ3) is 3.47. The van der Waals surface area contributed by atoms with Gasteiger partial charge in [0.15, 0.2) is 0 Å². The molecule has 0 aliphatic carbocycles. The second kappa shape index (κ2) is 5.66. The van der Waals surface area contributed by atoms with Crippen molar-refractivity contribution < 1.29 is 18.3 Å². The number of aromatic amines is 1. The molecule has 10 heteroatoms. The van der Waals surface area contributed by atoms with Crippen molar-refractivity contribution in [3.8, 4) is 0 Å². The topological polar surface area (TPSA) is 129 Å². The quantitative estimate of drug-likeness (QED) is 0.733. The monoisotopic (exact) mass is 373 g/mol. The van der Waals surface area contributed by atoms with Crippen molar-refractivity contribution in [2.24, 2.45) is 0 Å². The van der Waals surface area contributed by atoms with Gasteiger partial charge in [-0.05, 0) is 34.1 Å². The van der Waals surface area contributed by atoms with E-state index in [1.54, 1.807) is 0 Å². The number of sulfonamides is 1. The van der Waals surface area contributed by atoms with Gasteiger partial charge in [0.05, 0.1) is 16.7 Å². The zero-order valence-corrected chi connectivity index (χ0v) is 12.6. The van der Waals surface area contributed by atoms with Crippen LogP contribution in [0, 0.1) is 0 Å². The van der Waals surface area contributed by atoms with E-state index in [4.69, 9.17) is 5.11 Å². The molecule has 0 amide bonds. The standard InChI is InChI=1S/C11H8BrN3O5S/c12-8-5-13-9(10(16)14-8)15-21(19,20)7-3-1-2-6(4-7)11(17)18/h1-5H,(H,13,15)(H,14,16)(H,17,18). The molecule has 0 atom stereocenters. The summed E-state index contributed by atoms with van der Waals surface area (Å²) in [6, 6.07) is 4.74. The highest BCUT2D eigenvalue weighted by atomic mass is 79.9. The first-order valence-electron chi connectivity index (χ1n) is 5.40. The molecule has 0 fully saturated rings. The van der Waals surface area contributed by atoms with Crippen LogP contribution in [0.3, 0.4) is 0 Å². The number of nitrogens with one attached hydrogen (secondary N) is 2. The number of aromatic nitrogens is 2. The SMILES string of the molecule is O=C(O)c1cccc(S(=O)(=O)Nc2ncc(Br)[nH]c2=O)c1. The summed E-state index contributed by atoms with van der Waals surface area (Å²) in [4.78, 5) is 28.1. The molecule has 8 nitrogen and oxygen atoms in total. The van der Waals surface area contributed by atoms with Crippen molar-refractivity contribution in [1.82, 2.24) is 9.97 Å². The molecule has 110 valence electrons. The minimum atomic E-state index is -4.12. The number of carbonyl (C=O) groups is 1. The lowest BCUT2D eigenvalue weighted by Gasteiger charge is -2.07. The lowest BCUT2D eigenvalue weighted by atomic mass is 10.2. The molecule has 0 radical (unpaired) electrons. The minimum absolute atomic E-state index is 0.185. The molecule has 2 aromatic rings. The van der Waals surface area contributed by atoms with Gasteiger partial charge in [-0.15, -0.1) is 0 Å². The van der Waals surface area contributed by atoms with Crippen LogP contribution in [0.15, 0.2) is 44.8 Å². The smallest absolute Gasteiger partial charge is 0.335 e. The molecule has 0 aliphatic heterocycles. The van der Waals surface area contributed by atoms with Crippen molar-refractivity contribution in [3.63, 3.8) is 0 Å². The van der Waals surface area contributed by atoms with Crippen LogP contribution in [0.4, 0.5) is 5.82 Å². The lowest BCUT2D eigenvalue weighted by Crippen LogP contribution is -2.22. The van der Waals surface area contributed by atoms with E-state index in [9.17, 15) is 18.0 Å². The Morgan fingerprint density at radius 1 is 1.38 bits per heavy atom. The zero-order valence-electron chi connectivity index (χ0n) is 10.2. The van der Waals surface area contributed by atoms with Gasteiger partial charge in [-0.3, -0.25) is 9.52 Å². The first kappa shape index (κ1) is 15.2. The number of carboxylic acids is 1. The van der Waals surface area contributed by atoms with Gasteiger partial charge >= 0.3 is 5.97 Å². The van der Waals surface area contributed by atoms with Gasteiger partial charge in [-0.2, -0.15) is 0 Å². The van der Waals surface area contributed by atoms with Crippen molar-refractivity contribution >= 4 is 37.7 Å². The average Bonchev–Trinajstić information content (AvgIpc) is 2.42. The van der Waals surface area contributed by atoms with Gasteiger partial charge in [0.1, 0.15) is 4.60 Å². The highest BCUT2D eigenvalue weighted by Crippen LogP contribution is 2.14. The van der Waals surface area contributed by atoms with Gasteiger partial charge < -0.3 is 10.1 Å². The maximum Gasteiger partial charge on any atom is 0.335 e. The highest BCUT2D eigenvalue weighted by molar-refractivity contribution is 9.10. The Kier molecular flexibility index (Phi) is 4.09. The molecular weight excluding hydrogens is 366 g/mol. The molecule has 1 heterocycles. The van der Waals surface area contributed by atoms with E-state index in [1.165, 1.54) is 24.4 Å². The third-order valence-corrected chi connectivity index (χ3v) is 4.12. The van der Waals surface area contributed by atoms with Crippen LogP contribution in [0.25, 0.3) is 0 Å². The summed E-state index contributed by atoms with van der Waals surface area (Å²) in [5.74, 6) is -1.68. The summed E-state index contributed by atoms with van der Waals surface area (Å²) in [6.07, 6.45) is 1.22. The van der Waals surface area contributed by atoms with E-state index in [0.717, 1.165) is 6.07 Å². The Balaban J connectivity index is 2.41. The number of anilines is 1. The van der Waals surface area contributed by atoms with Crippen molar-refractivity contribution in [2.75, 3.05) is 4.72 Å². The summed E-state index contributed by atoms with van der Waals surface area (Å²) in [6.45, 7) is 0. The summed E-state index contributed by atoms with van der Waals surface area (Å²) >= 11 is 2.99. The zero-order chi connectivity index (χ0) is 15.6. The molecular formula is C11H8BrN3O5S. The number of nitrogens with zero attached hydrogens (tertiary/aromatic N) is 1. The van der Waals surface area contributed by atoms with E-state index < -0.39 is 27.4 Å². The van der Waals surface area contributed by atoms with E-state index >= 15 is 0 Å². The third-order valence-electron chi connectivity index (χ3n) is 2.38. The summed E-state index contributed by atoms with van der Waals surface area (Å²) in [5.41, 5.74) is -0.919. The Labute approximate surface area is 127 Å². The maximum absolute atomic E-state index is 12.1. The Bertz CT molecular complexity index is 862. The molecule has 0 spiro atoms. The summed E-state index contributed by atoms with van der Waals surface area (Å²) in [5, 5.41) is 8.85. The molecule has 0 saturated carbocycles. The van der Waals surface area contributed by atoms with Gasteiger partial charge in [0.2, 0.25) is 5.82 Å². The normalized spacial score (nSPS) is 11.1. The first-order valence-corrected chi connectivity index (χ1v) is 7.68. The number of carboxylic acid groups (broad SMARTS) is 1. The largest absolute Gasteiger partial charge is 0.478 e. The lowest BCUT2D eigenvalue weighted by molar-refractivity contribution is 0.0696. The average molecular weight is 374 g/mol. The second-order valence-electron chi connectivity index (χ2n) is 3.85. The number of hydrogen-bond donors (Lipinski definition) is 3. The number of H-pyrrole nitrogens is 1. The maximum atomic E-state index is 12.1. The van der Waals surface area contributed by atoms with Crippen molar-refractivity contribution in [3.05, 3.63) is 51.0 Å². The molecule has 0 aliphatic rings. The summed E-state index contributed by atoms with van der Waals surface area (Å²) in [7, 11) is -4.12. The van der Waals surface area contributed by atoms with E-state index in [1.807, 2.05) is 4.72 Å². The van der Waals surface area contributed by atoms with Gasteiger partial charge in [-0.1, -0.05) is 6.07 Å². The van der Waals surface area contributed by atoms with Crippen molar-refractivity contribution in [2.45, 2.75) is 4.90 Å². The summed E-state index contributed by atoms with van der Waals surface area (Å²) < 4.78 is 26.5. The molecule has 3 N–H and O–H groups in total. The molecule has 21 heavy (non-hydrogen) atoms. The minimum Gasteiger partial charge on any atom is -0.478 e. The van der Waals surface area contributed by atoms with Crippen LogP contribution in [-0.2, 0) is 10.0 Å². The van der Waals surface area contributed by atoms with Crippen LogP contribution in [0.1, 0.15) is 10.4 Å². The van der Waals surface area contributed by atoms with Crippen LogP contribution in [-0.4, -0.2) is 29.5 Å². The molecule has 1 aromatic heterocycles. The number of aromatic carboxylic acids is 1. The first-order chi connectivity index (χ1) is 9.79. The van der Waals surface area contributed by atoms with Crippen LogP contribution >= 0.6 is 15.9 Å². The number of benzene rings is 1. The molecule has 1 aromatic carbocycles. The number of rotatable bonds is 4. The van der Waals surface area contributed by atoms with Crippen molar-refractivity contribution in [1.29, 1.82) is 0 Å². The predicted octanol–water partition coefficient (Wildman–Crippen LogP) is 1.03. The Morgan fingerprint density at radius 2 is 2.10 bits per heavy atom. The molecule has 2 rings (SSSR count). The highest BCUT2D eigenvalue weighted by Gasteiger charge is 2.18. The van der Waals surface area contributed by atoms with Gasteiger partial charge in [-0.25, -0.2) is 18.2 Å². The van der Waals surface area contributed by atoms with Crippen LogP contribution in [0.5, 0.6) is 0 Å². The predicted molar refractivity (Wildman–Crippen MR) is 76.8 cm³/mol. The molecule has 0 unspecified atom stereocenters. The van der Waals surface area contributed by atoms with Gasteiger partial charge in [0, 0.05) is 0 Å². The fourth-order valence-electron chi connectivity index (χ4n) is 1.43. The number of hydrogen-bond acceptors (Lipinski definition) is 5. The molecule has 0 saturated heterocycles. The van der Waals surface area contributed by atoms with Crippen LogP contribution in [0.2, 0.25) is 0 Å². The van der Waals surface area contributed by atoms with Crippen LogP contribution < -0.4 is 10.3 Å². The second-order valence-corrected chi connectivity index (χ2v) is 6.38. The fraction of sp³-hybridized carbons (Fsp3) is 0. The van der Waals surface area contributed by atoms with E-state index in [-0.39, 0.29) is 10.5 Å². The fourth-order valence-corrected chi connectivity index (χ4v) is 2.78. The van der Waals surface area contributed by atoms with Gasteiger partial charge in [0.25, 0.3) is 15.6 Å². The van der Waals surface area contributed by atoms with E-state index in [2.05, 4.69) is 25.9 Å². The molecule has 0 bridgehead atoms. The Morgan fingerprint density at radius 3 is 2.71 bits per heavy atom. The Hall–Kier alpha value is -2.20.